The molecule has 4 heterocycles. The van der Waals surface area contributed by atoms with Crippen LogP contribution in [-0.2, 0) is 0 Å². The maximum absolute atomic E-state index is 6.65. The Labute approximate surface area is 347 Å². The molecule has 4 aliphatic rings. The first-order valence-corrected chi connectivity index (χ1v) is 21.0. The molecule has 0 aromatic heterocycles. The van der Waals surface area contributed by atoms with Crippen molar-refractivity contribution in [1.82, 2.24) is 0 Å². The molecule has 282 valence electrons. The molecule has 4 nitrogen and oxygen atoms in total. The van der Waals surface area contributed by atoms with Crippen LogP contribution in [0, 0.1) is 0 Å². The molecule has 4 aliphatic heterocycles. The van der Waals surface area contributed by atoms with E-state index in [0.29, 0.717) is 0 Å². The van der Waals surface area contributed by atoms with Crippen LogP contribution in [0.5, 0.6) is 11.5 Å². The Balaban J connectivity index is 0.860. The van der Waals surface area contributed by atoms with Gasteiger partial charge in [0.25, 0.3) is 0 Å². The molecule has 0 saturated heterocycles. The molecule has 10 aromatic carbocycles. The third-order valence-corrected chi connectivity index (χ3v) is 13.7. The van der Waals surface area contributed by atoms with Crippen LogP contribution in [0.25, 0.3) is 54.6 Å². The summed E-state index contributed by atoms with van der Waals surface area (Å²) in [4.78, 5) is 4.87. The van der Waals surface area contributed by atoms with Crippen molar-refractivity contribution in [2.24, 2.45) is 0 Å². The highest BCUT2D eigenvalue weighted by Gasteiger charge is 2.48. The largest absolute Gasteiger partial charge is 0.483 e. The molecule has 60 heavy (non-hydrogen) atoms. The second-order valence-corrected chi connectivity index (χ2v) is 16.6. The molecule has 0 bridgehead atoms. The molecule has 0 aliphatic carbocycles. The Morgan fingerprint density at radius 1 is 0.383 bits per heavy atom. The van der Waals surface area contributed by atoms with E-state index >= 15 is 0 Å². The van der Waals surface area contributed by atoms with E-state index < -0.39 is 0 Å². The molecular formula is C56H36N2O2. The lowest BCUT2D eigenvalue weighted by Gasteiger charge is -2.27. The molecule has 4 heteroatoms. The Hall–Kier alpha value is -7.56. The van der Waals surface area contributed by atoms with Crippen LogP contribution in [0.4, 0.5) is 22.7 Å². The number of para-hydroxylation sites is 4. The average molecular weight is 769 g/mol. The SMILES string of the molecule is c1cc(-c2ccc3ccc4c(-c5ccc(N6c7ccccc7C7c8ccccc8OC76)cc5)ccc5ccc2c3c54)cc(N2c3ccccc3C3Oc4ccccc4C32)c1. The number of nitrogens with zero attached hydrogens (tertiary/aromatic N) is 2. The predicted octanol–water partition coefficient (Wildman–Crippen LogP) is 14.2. The van der Waals surface area contributed by atoms with Gasteiger partial charge in [0, 0.05) is 39.4 Å². The van der Waals surface area contributed by atoms with E-state index in [2.05, 4.69) is 204 Å². The van der Waals surface area contributed by atoms with Gasteiger partial charge in [0.2, 0.25) is 0 Å². The van der Waals surface area contributed by atoms with Gasteiger partial charge in [-0.3, -0.25) is 0 Å². The van der Waals surface area contributed by atoms with Gasteiger partial charge in [-0.15, -0.1) is 0 Å². The van der Waals surface area contributed by atoms with E-state index in [0.717, 1.165) is 17.2 Å². The summed E-state index contributed by atoms with van der Waals surface area (Å²) in [7, 11) is 0. The van der Waals surface area contributed by atoms with Gasteiger partial charge in [0.05, 0.1) is 5.92 Å². The highest BCUT2D eigenvalue weighted by Crippen LogP contribution is 2.59. The average Bonchev–Trinajstić information content (AvgIpc) is 4.05. The minimum atomic E-state index is -0.105. The molecule has 0 fully saturated rings. The van der Waals surface area contributed by atoms with Gasteiger partial charge in [-0.05, 0) is 109 Å². The lowest BCUT2D eigenvalue weighted by molar-refractivity contribution is 0.223. The van der Waals surface area contributed by atoms with Crippen molar-refractivity contribution in [3.8, 4) is 33.8 Å². The molecule has 4 unspecified atom stereocenters. The van der Waals surface area contributed by atoms with Gasteiger partial charge in [-0.2, -0.15) is 0 Å². The van der Waals surface area contributed by atoms with Crippen molar-refractivity contribution in [3.05, 3.63) is 216 Å². The summed E-state index contributed by atoms with van der Waals surface area (Å²) in [5.41, 5.74) is 14.7. The number of fused-ring (bicyclic) bond motifs is 10. The molecule has 0 spiro atoms. The first-order chi connectivity index (χ1) is 29.8. The Morgan fingerprint density at radius 3 is 1.70 bits per heavy atom. The molecule has 0 radical (unpaired) electrons. The van der Waals surface area contributed by atoms with Crippen molar-refractivity contribution in [3.63, 3.8) is 0 Å². The molecular weight excluding hydrogens is 733 g/mol. The van der Waals surface area contributed by atoms with Gasteiger partial charge >= 0.3 is 0 Å². The second-order valence-electron chi connectivity index (χ2n) is 16.6. The quantitative estimate of drug-likeness (QED) is 0.167. The van der Waals surface area contributed by atoms with Gasteiger partial charge in [-0.1, -0.05) is 146 Å². The summed E-state index contributed by atoms with van der Waals surface area (Å²) in [5.74, 6) is 2.14. The summed E-state index contributed by atoms with van der Waals surface area (Å²) in [6.45, 7) is 0. The number of ether oxygens (including phenoxy) is 2. The normalized spacial score (nSPS) is 19.2. The first-order valence-electron chi connectivity index (χ1n) is 21.0. The molecule has 14 rings (SSSR count). The molecule has 10 aromatic rings. The zero-order valence-electron chi connectivity index (χ0n) is 32.5. The van der Waals surface area contributed by atoms with Crippen molar-refractivity contribution < 1.29 is 9.47 Å². The number of hydrogen-bond donors (Lipinski definition) is 0. The van der Waals surface area contributed by atoms with Crippen LogP contribution in [-0.4, -0.2) is 6.23 Å². The van der Waals surface area contributed by atoms with Crippen molar-refractivity contribution >= 4 is 55.1 Å². The molecule has 0 amide bonds. The van der Waals surface area contributed by atoms with Crippen molar-refractivity contribution in [2.75, 3.05) is 9.80 Å². The first kappa shape index (κ1) is 32.4. The topological polar surface area (TPSA) is 24.9 Å². The van der Waals surface area contributed by atoms with E-state index in [1.807, 2.05) is 0 Å². The summed E-state index contributed by atoms with van der Waals surface area (Å²) >= 11 is 0. The maximum Gasteiger partial charge on any atom is 0.187 e. The minimum Gasteiger partial charge on any atom is -0.483 e. The van der Waals surface area contributed by atoms with Gasteiger partial charge in [0.1, 0.15) is 17.5 Å². The number of benzene rings is 10. The number of anilines is 4. The van der Waals surface area contributed by atoms with Gasteiger partial charge < -0.3 is 19.3 Å². The maximum atomic E-state index is 6.65. The van der Waals surface area contributed by atoms with E-state index in [4.69, 9.17) is 9.47 Å². The van der Waals surface area contributed by atoms with Crippen molar-refractivity contribution in [2.45, 2.75) is 24.3 Å². The van der Waals surface area contributed by atoms with Crippen LogP contribution in [0.2, 0.25) is 0 Å². The van der Waals surface area contributed by atoms with Gasteiger partial charge in [0.15, 0.2) is 12.3 Å². The van der Waals surface area contributed by atoms with E-state index in [1.165, 1.54) is 93.9 Å². The lowest BCUT2D eigenvalue weighted by Crippen LogP contribution is -2.32. The zero-order chi connectivity index (χ0) is 39.1. The monoisotopic (exact) mass is 768 g/mol. The number of rotatable bonds is 4. The Kier molecular flexibility index (Phi) is 6.48. The van der Waals surface area contributed by atoms with Crippen LogP contribution >= 0.6 is 0 Å². The highest BCUT2D eigenvalue weighted by molar-refractivity contribution is 6.27. The fraction of sp³-hybridized carbons (Fsp3) is 0.0714. The zero-order valence-corrected chi connectivity index (χ0v) is 32.5. The Bertz CT molecular complexity index is 3390. The summed E-state index contributed by atoms with van der Waals surface area (Å²) in [6, 6.07) is 71.2. The van der Waals surface area contributed by atoms with E-state index in [1.54, 1.807) is 0 Å². The van der Waals surface area contributed by atoms with E-state index in [9.17, 15) is 0 Å². The number of hydrogen-bond acceptors (Lipinski definition) is 4. The lowest BCUT2D eigenvalue weighted by atomic mass is 9.87. The van der Waals surface area contributed by atoms with Crippen LogP contribution in [0.15, 0.2) is 194 Å². The third kappa shape index (κ3) is 4.35. The molecule has 0 saturated carbocycles. The molecule has 0 N–H and O–H groups in total. The molecule has 4 atom stereocenters. The third-order valence-electron chi connectivity index (χ3n) is 13.7. The van der Waals surface area contributed by atoms with Crippen LogP contribution in [0.3, 0.4) is 0 Å². The van der Waals surface area contributed by atoms with Crippen LogP contribution < -0.4 is 19.3 Å². The van der Waals surface area contributed by atoms with E-state index in [-0.39, 0.29) is 24.3 Å². The summed E-state index contributed by atoms with van der Waals surface area (Å²) in [5, 5.41) is 7.68. The summed E-state index contributed by atoms with van der Waals surface area (Å²) in [6.07, 6.45) is -0.141. The smallest absolute Gasteiger partial charge is 0.187 e. The summed E-state index contributed by atoms with van der Waals surface area (Å²) < 4.78 is 13.3. The van der Waals surface area contributed by atoms with Crippen molar-refractivity contribution in [1.29, 1.82) is 0 Å². The predicted molar refractivity (Wildman–Crippen MR) is 243 cm³/mol. The fourth-order valence-electron chi connectivity index (χ4n) is 11.1. The highest BCUT2D eigenvalue weighted by atomic mass is 16.5. The Morgan fingerprint density at radius 2 is 0.967 bits per heavy atom. The van der Waals surface area contributed by atoms with Gasteiger partial charge in [-0.25, -0.2) is 0 Å². The standard InChI is InChI=1S/C56H36N2O2/c1-5-16-47-43(12-1)53-45-14-3-7-18-49(45)60-56(53)58(47)37-26-20-33(21-27-37)39-28-22-34-25-31-42-40(29-23-35-24-30-41(39)51(34)52(35)42)36-10-9-11-38(32-36)57-48-17-6-2-13-44(48)55-54(57)46-15-4-8-19-50(46)59-55/h1-32,53-56H. The second kappa shape index (κ2) is 12.0. The fourth-order valence-corrected chi connectivity index (χ4v) is 11.1. The minimum absolute atomic E-state index is 0.0364. The van der Waals surface area contributed by atoms with Crippen LogP contribution in [0.1, 0.15) is 40.3 Å².